The Kier molecular flexibility index (Phi) is 2.98. The first-order chi connectivity index (χ1) is 7.56. The standard InChI is InChI=1S/C10H10ClNO4/c11-6-1-2-9(12(14)15)10(3-6)16-8-4-7(13)5-8/h1-3,7-8,13H,4-5H2. The van der Waals surface area contributed by atoms with Crippen molar-refractivity contribution in [1.29, 1.82) is 0 Å². The van der Waals surface area contributed by atoms with Gasteiger partial charge in [0.15, 0.2) is 5.75 Å². The van der Waals surface area contributed by atoms with Gasteiger partial charge in [-0.25, -0.2) is 0 Å². The zero-order valence-electron chi connectivity index (χ0n) is 8.30. The Bertz CT molecular complexity index is 417. The van der Waals surface area contributed by atoms with Gasteiger partial charge >= 0.3 is 5.69 Å². The smallest absolute Gasteiger partial charge is 0.311 e. The second-order valence-electron chi connectivity index (χ2n) is 3.73. The van der Waals surface area contributed by atoms with Crippen molar-refractivity contribution in [2.75, 3.05) is 0 Å². The zero-order chi connectivity index (χ0) is 11.7. The highest BCUT2D eigenvalue weighted by atomic mass is 35.5. The van der Waals surface area contributed by atoms with Crippen LogP contribution in [0.1, 0.15) is 12.8 Å². The van der Waals surface area contributed by atoms with Crippen LogP contribution in [0.5, 0.6) is 5.75 Å². The molecule has 0 bridgehead atoms. The predicted octanol–water partition coefficient (Wildman–Crippen LogP) is 2.15. The van der Waals surface area contributed by atoms with E-state index >= 15 is 0 Å². The van der Waals surface area contributed by atoms with Crippen LogP contribution in [0.2, 0.25) is 5.02 Å². The van der Waals surface area contributed by atoms with E-state index in [-0.39, 0.29) is 23.6 Å². The Balaban J connectivity index is 2.17. The van der Waals surface area contributed by atoms with Crippen LogP contribution in [0.15, 0.2) is 18.2 Å². The molecule has 0 spiro atoms. The molecule has 0 aliphatic heterocycles. The molecule has 0 unspecified atom stereocenters. The van der Waals surface area contributed by atoms with E-state index < -0.39 is 4.92 Å². The molecule has 2 rings (SSSR count). The second kappa shape index (κ2) is 4.27. The molecule has 0 heterocycles. The molecule has 1 aromatic rings. The molecule has 0 radical (unpaired) electrons. The highest BCUT2D eigenvalue weighted by Gasteiger charge is 2.30. The maximum Gasteiger partial charge on any atom is 0.311 e. The van der Waals surface area contributed by atoms with Gasteiger partial charge in [0.1, 0.15) is 6.10 Å². The molecule has 1 aliphatic rings. The quantitative estimate of drug-likeness (QED) is 0.652. The molecule has 1 fully saturated rings. The lowest BCUT2D eigenvalue weighted by molar-refractivity contribution is -0.386. The van der Waals surface area contributed by atoms with Crippen LogP contribution in [-0.2, 0) is 0 Å². The lowest BCUT2D eigenvalue weighted by Crippen LogP contribution is -2.37. The summed E-state index contributed by atoms with van der Waals surface area (Å²) in [4.78, 5) is 10.2. The molecule has 0 saturated heterocycles. The second-order valence-corrected chi connectivity index (χ2v) is 4.17. The van der Waals surface area contributed by atoms with Gasteiger partial charge < -0.3 is 9.84 Å². The van der Waals surface area contributed by atoms with Crippen molar-refractivity contribution in [2.24, 2.45) is 0 Å². The first-order valence-electron chi connectivity index (χ1n) is 4.85. The van der Waals surface area contributed by atoms with Gasteiger partial charge in [0.2, 0.25) is 0 Å². The predicted molar refractivity (Wildman–Crippen MR) is 57.8 cm³/mol. The third kappa shape index (κ3) is 2.25. The first-order valence-corrected chi connectivity index (χ1v) is 5.22. The molecule has 1 aliphatic carbocycles. The first kappa shape index (κ1) is 11.2. The van der Waals surface area contributed by atoms with E-state index in [4.69, 9.17) is 21.4 Å². The van der Waals surface area contributed by atoms with Gasteiger partial charge in [-0.1, -0.05) is 11.6 Å². The Labute approximate surface area is 96.7 Å². The Hall–Kier alpha value is -1.33. The number of aliphatic hydroxyl groups excluding tert-OH is 1. The van der Waals surface area contributed by atoms with Crippen molar-refractivity contribution >= 4 is 17.3 Å². The fourth-order valence-corrected chi connectivity index (χ4v) is 1.71. The van der Waals surface area contributed by atoms with E-state index in [0.717, 1.165) is 0 Å². The molecule has 1 N–H and O–H groups in total. The molecule has 16 heavy (non-hydrogen) atoms. The summed E-state index contributed by atoms with van der Waals surface area (Å²) in [5, 5.41) is 20.2. The van der Waals surface area contributed by atoms with Crippen molar-refractivity contribution in [3.63, 3.8) is 0 Å². The monoisotopic (exact) mass is 243 g/mol. The number of ether oxygens (including phenoxy) is 1. The molecule has 0 aromatic heterocycles. The molecule has 5 nitrogen and oxygen atoms in total. The molecule has 86 valence electrons. The normalized spacial score (nSPS) is 23.6. The minimum Gasteiger partial charge on any atom is -0.483 e. The number of hydrogen-bond donors (Lipinski definition) is 1. The summed E-state index contributed by atoms with van der Waals surface area (Å²) >= 11 is 5.74. The Morgan fingerprint density at radius 1 is 1.50 bits per heavy atom. The number of hydrogen-bond acceptors (Lipinski definition) is 4. The van der Waals surface area contributed by atoms with Gasteiger partial charge in [0.05, 0.1) is 11.0 Å². The summed E-state index contributed by atoms with van der Waals surface area (Å²) in [5.74, 6) is 0.161. The fourth-order valence-electron chi connectivity index (χ4n) is 1.55. The minimum atomic E-state index is -0.513. The van der Waals surface area contributed by atoms with Crippen molar-refractivity contribution in [2.45, 2.75) is 25.0 Å². The van der Waals surface area contributed by atoms with Gasteiger partial charge in [-0.2, -0.15) is 0 Å². The van der Waals surface area contributed by atoms with Crippen LogP contribution in [-0.4, -0.2) is 22.2 Å². The van der Waals surface area contributed by atoms with Crippen molar-refractivity contribution in [3.05, 3.63) is 33.3 Å². The largest absolute Gasteiger partial charge is 0.483 e. The SMILES string of the molecule is O=[N+]([O-])c1ccc(Cl)cc1OC1CC(O)C1. The molecule has 0 amide bonds. The third-order valence-electron chi connectivity index (χ3n) is 2.48. The number of nitro groups is 1. The van der Waals surface area contributed by atoms with Crippen LogP contribution < -0.4 is 4.74 Å². The van der Waals surface area contributed by atoms with Crippen LogP contribution in [0, 0.1) is 10.1 Å². The average molecular weight is 244 g/mol. The van der Waals surface area contributed by atoms with E-state index in [9.17, 15) is 10.1 Å². The maximum atomic E-state index is 10.7. The van der Waals surface area contributed by atoms with Gasteiger partial charge in [0.25, 0.3) is 0 Å². The molecule has 0 atom stereocenters. The summed E-state index contributed by atoms with van der Waals surface area (Å²) < 4.78 is 5.41. The summed E-state index contributed by atoms with van der Waals surface area (Å²) in [6.45, 7) is 0. The Morgan fingerprint density at radius 3 is 2.75 bits per heavy atom. The van der Waals surface area contributed by atoms with E-state index in [0.29, 0.717) is 17.9 Å². The number of aliphatic hydroxyl groups is 1. The number of nitro benzene ring substituents is 1. The Morgan fingerprint density at radius 2 is 2.19 bits per heavy atom. The van der Waals surface area contributed by atoms with Crippen LogP contribution >= 0.6 is 11.6 Å². The topological polar surface area (TPSA) is 72.6 Å². The van der Waals surface area contributed by atoms with Crippen molar-refractivity contribution in [1.82, 2.24) is 0 Å². The number of nitrogens with zero attached hydrogens (tertiary/aromatic N) is 1. The summed E-state index contributed by atoms with van der Waals surface area (Å²) in [7, 11) is 0. The molecular formula is C10H10ClNO4. The summed E-state index contributed by atoms with van der Waals surface area (Å²) in [6.07, 6.45) is 0.489. The van der Waals surface area contributed by atoms with Crippen LogP contribution in [0.25, 0.3) is 0 Å². The van der Waals surface area contributed by atoms with Crippen LogP contribution in [0.3, 0.4) is 0 Å². The van der Waals surface area contributed by atoms with E-state index in [2.05, 4.69) is 0 Å². The highest BCUT2D eigenvalue weighted by molar-refractivity contribution is 6.30. The minimum absolute atomic E-state index is 0.106. The summed E-state index contributed by atoms with van der Waals surface area (Å²) in [6, 6.07) is 4.18. The van der Waals surface area contributed by atoms with Gasteiger partial charge in [-0.3, -0.25) is 10.1 Å². The average Bonchev–Trinajstić information content (AvgIpc) is 2.15. The van der Waals surface area contributed by atoms with E-state index in [1.807, 2.05) is 0 Å². The highest BCUT2D eigenvalue weighted by Crippen LogP contribution is 2.34. The summed E-state index contributed by atoms with van der Waals surface area (Å²) in [5.41, 5.74) is -0.106. The maximum absolute atomic E-state index is 10.7. The number of benzene rings is 1. The van der Waals surface area contributed by atoms with Crippen molar-refractivity contribution in [3.8, 4) is 5.75 Å². The van der Waals surface area contributed by atoms with Gasteiger partial charge in [-0.05, 0) is 6.07 Å². The van der Waals surface area contributed by atoms with E-state index in [1.54, 1.807) is 0 Å². The molecule has 1 saturated carbocycles. The zero-order valence-corrected chi connectivity index (χ0v) is 9.05. The lowest BCUT2D eigenvalue weighted by atomic mass is 9.92. The van der Waals surface area contributed by atoms with Crippen molar-refractivity contribution < 1.29 is 14.8 Å². The molecule has 6 heteroatoms. The van der Waals surface area contributed by atoms with Gasteiger partial charge in [0, 0.05) is 30.0 Å². The fraction of sp³-hybridized carbons (Fsp3) is 0.400. The van der Waals surface area contributed by atoms with Gasteiger partial charge in [-0.15, -0.1) is 0 Å². The molecule has 1 aromatic carbocycles. The lowest BCUT2D eigenvalue weighted by Gasteiger charge is -2.31. The van der Waals surface area contributed by atoms with E-state index in [1.165, 1.54) is 18.2 Å². The van der Waals surface area contributed by atoms with Crippen LogP contribution in [0.4, 0.5) is 5.69 Å². The third-order valence-corrected chi connectivity index (χ3v) is 2.72. The molecular weight excluding hydrogens is 234 g/mol. The number of rotatable bonds is 3. The number of halogens is 1.